The highest BCUT2D eigenvalue weighted by molar-refractivity contribution is 6.31. The molecule has 0 bridgehead atoms. The van der Waals surface area contributed by atoms with Crippen LogP contribution in [0.5, 0.6) is 0 Å². The number of halogens is 2. The van der Waals surface area contributed by atoms with Gasteiger partial charge in [0.15, 0.2) is 0 Å². The Kier molecular flexibility index (Phi) is 3.38. The van der Waals surface area contributed by atoms with Gasteiger partial charge in [0.25, 0.3) is 0 Å². The van der Waals surface area contributed by atoms with Gasteiger partial charge in [-0.05, 0) is 29.3 Å². The van der Waals surface area contributed by atoms with Gasteiger partial charge in [-0.25, -0.2) is 4.39 Å². The molecule has 1 unspecified atom stereocenters. The van der Waals surface area contributed by atoms with Crippen LogP contribution in [0.2, 0.25) is 5.02 Å². The minimum atomic E-state index is -0.443. The van der Waals surface area contributed by atoms with Gasteiger partial charge in [0.05, 0.1) is 11.6 Å². The van der Waals surface area contributed by atoms with Gasteiger partial charge in [0.2, 0.25) is 0 Å². The number of fused-ring (bicyclic) bond motifs is 1. The summed E-state index contributed by atoms with van der Waals surface area (Å²) in [6, 6.07) is 13.5. The van der Waals surface area contributed by atoms with Crippen molar-refractivity contribution in [2.45, 2.75) is 6.04 Å². The molecule has 3 rings (SSSR count). The van der Waals surface area contributed by atoms with Crippen LogP contribution in [0.4, 0.5) is 4.39 Å². The van der Waals surface area contributed by atoms with Gasteiger partial charge in [-0.15, -0.1) is 0 Å². The van der Waals surface area contributed by atoms with Gasteiger partial charge >= 0.3 is 0 Å². The highest BCUT2D eigenvalue weighted by atomic mass is 35.5. The number of hydrogen-bond acceptors (Lipinski definition) is 2. The molecule has 0 spiro atoms. The highest BCUT2D eigenvalue weighted by Crippen LogP contribution is 2.30. The number of pyridine rings is 1. The van der Waals surface area contributed by atoms with E-state index in [4.69, 9.17) is 17.3 Å². The summed E-state index contributed by atoms with van der Waals surface area (Å²) in [6.45, 7) is 0. The van der Waals surface area contributed by atoms with Gasteiger partial charge in [0, 0.05) is 16.6 Å². The lowest BCUT2D eigenvalue weighted by Gasteiger charge is -2.16. The average molecular weight is 287 g/mol. The summed E-state index contributed by atoms with van der Waals surface area (Å²) in [5.74, 6) is -0.373. The topological polar surface area (TPSA) is 38.9 Å². The summed E-state index contributed by atoms with van der Waals surface area (Å²) in [7, 11) is 0. The van der Waals surface area contributed by atoms with Crippen LogP contribution in [-0.2, 0) is 0 Å². The molecule has 0 fully saturated rings. The van der Waals surface area contributed by atoms with Crippen molar-refractivity contribution in [3.05, 3.63) is 76.7 Å². The van der Waals surface area contributed by atoms with E-state index in [0.717, 1.165) is 16.5 Å². The minimum Gasteiger partial charge on any atom is -0.320 e. The predicted molar refractivity (Wildman–Crippen MR) is 79.2 cm³/mol. The number of nitrogens with zero attached hydrogens (tertiary/aromatic N) is 1. The Bertz CT molecular complexity index is 768. The van der Waals surface area contributed by atoms with Crippen LogP contribution in [0, 0.1) is 5.82 Å². The third-order valence-electron chi connectivity index (χ3n) is 3.30. The zero-order valence-corrected chi connectivity index (χ0v) is 11.3. The van der Waals surface area contributed by atoms with E-state index in [1.807, 2.05) is 30.3 Å². The molecule has 0 amide bonds. The molecule has 100 valence electrons. The molecule has 3 aromatic rings. The summed E-state index contributed by atoms with van der Waals surface area (Å²) in [6.07, 6.45) is 1.73. The van der Waals surface area contributed by atoms with E-state index in [9.17, 15) is 4.39 Å². The van der Waals surface area contributed by atoms with Crippen molar-refractivity contribution < 1.29 is 4.39 Å². The first kappa shape index (κ1) is 13.0. The zero-order valence-electron chi connectivity index (χ0n) is 10.6. The van der Waals surface area contributed by atoms with Crippen LogP contribution in [0.15, 0.2) is 54.7 Å². The number of aromatic nitrogens is 1. The molecule has 2 N–H and O–H groups in total. The summed E-state index contributed by atoms with van der Waals surface area (Å²) in [4.78, 5) is 4.38. The van der Waals surface area contributed by atoms with Crippen molar-refractivity contribution in [3.63, 3.8) is 0 Å². The maximum absolute atomic E-state index is 13.1. The fraction of sp³-hybridized carbons (Fsp3) is 0.0625. The molecule has 4 heteroatoms. The Hall–Kier alpha value is -1.97. The lowest BCUT2D eigenvalue weighted by molar-refractivity contribution is 0.626. The molecule has 20 heavy (non-hydrogen) atoms. The molecule has 0 radical (unpaired) electrons. The Morgan fingerprint density at radius 2 is 1.85 bits per heavy atom. The Labute approximate surface area is 121 Å². The van der Waals surface area contributed by atoms with E-state index in [0.29, 0.717) is 10.6 Å². The Morgan fingerprint density at radius 1 is 1.05 bits per heavy atom. The summed E-state index contributed by atoms with van der Waals surface area (Å²) < 4.78 is 13.1. The normalized spacial score (nSPS) is 12.6. The molecule has 1 heterocycles. The standard InChI is InChI=1S/C16H12ClFN2/c17-14-9-11(18)6-7-12(14)15(19)13-5-1-3-10-4-2-8-20-16(10)13/h1-9,15H,19H2. The first-order valence-corrected chi connectivity index (χ1v) is 6.59. The van der Waals surface area contributed by atoms with Crippen LogP contribution >= 0.6 is 11.6 Å². The fourth-order valence-electron chi connectivity index (χ4n) is 2.30. The van der Waals surface area contributed by atoms with Crippen LogP contribution in [0.3, 0.4) is 0 Å². The lowest BCUT2D eigenvalue weighted by Crippen LogP contribution is -2.13. The van der Waals surface area contributed by atoms with Crippen LogP contribution in [0.1, 0.15) is 17.2 Å². The number of para-hydroxylation sites is 1. The number of rotatable bonds is 2. The van der Waals surface area contributed by atoms with E-state index in [2.05, 4.69) is 4.98 Å². The predicted octanol–water partition coefficient (Wildman–Crippen LogP) is 4.08. The SMILES string of the molecule is NC(c1ccc(F)cc1Cl)c1cccc2cccnc12. The monoisotopic (exact) mass is 286 g/mol. The van der Waals surface area contributed by atoms with Gasteiger partial charge < -0.3 is 5.73 Å². The Balaban J connectivity index is 2.15. The molecule has 1 aromatic heterocycles. The maximum atomic E-state index is 13.1. The minimum absolute atomic E-state index is 0.324. The number of hydrogen-bond donors (Lipinski definition) is 1. The molecule has 1 atom stereocenters. The van der Waals surface area contributed by atoms with E-state index in [-0.39, 0.29) is 5.82 Å². The second-order valence-corrected chi connectivity index (χ2v) is 4.97. The quantitative estimate of drug-likeness (QED) is 0.771. The van der Waals surface area contributed by atoms with Crippen molar-refractivity contribution in [2.75, 3.05) is 0 Å². The Morgan fingerprint density at radius 3 is 2.65 bits per heavy atom. The van der Waals surface area contributed by atoms with Gasteiger partial charge in [-0.2, -0.15) is 0 Å². The van der Waals surface area contributed by atoms with Crippen LogP contribution < -0.4 is 5.73 Å². The van der Waals surface area contributed by atoms with Crippen molar-refractivity contribution in [2.24, 2.45) is 5.73 Å². The lowest BCUT2D eigenvalue weighted by atomic mass is 9.97. The highest BCUT2D eigenvalue weighted by Gasteiger charge is 2.16. The van der Waals surface area contributed by atoms with E-state index < -0.39 is 6.04 Å². The molecule has 2 nitrogen and oxygen atoms in total. The second kappa shape index (κ2) is 5.19. The third kappa shape index (κ3) is 2.26. The van der Waals surface area contributed by atoms with Crippen molar-refractivity contribution in [1.82, 2.24) is 4.98 Å². The van der Waals surface area contributed by atoms with Gasteiger partial charge in [-0.3, -0.25) is 4.98 Å². The van der Waals surface area contributed by atoms with Crippen molar-refractivity contribution in [1.29, 1.82) is 0 Å². The molecular formula is C16H12ClFN2. The largest absolute Gasteiger partial charge is 0.320 e. The molecule has 0 saturated carbocycles. The second-order valence-electron chi connectivity index (χ2n) is 4.57. The molecule has 0 aliphatic heterocycles. The smallest absolute Gasteiger partial charge is 0.124 e. The van der Waals surface area contributed by atoms with Crippen molar-refractivity contribution >= 4 is 22.5 Å². The summed E-state index contributed by atoms with van der Waals surface area (Å²) in [5, 5.41) is 1.34. The van der Waals surface area contributed by atoms with Crippen LogP contribution in [0.25, 0.3) is 10.9 Å². The molecule has 0 saturated heterocycles. The van der Waals surface area contributed by atoms with Gasteiger partial charge in [-0.1, -0.05) is 41.9 Å². The van der Waals surface area contributed by atoms with Gasteiger partial charge in [0.1, 0.15) is 5.82 Å². The van der Waals surface area contributed by atoms with E-state index in [1.165, 1.54) is 12.1 Å². The van der Waals surface area contributed by atoms with Crippen molar-refractivity contribution in [3.8, 4) is 0 Å². The molecule has 0 aliphatic rings. The maximum Gasteiger partial charge on any atom is 0.124 e. The summed E-state index contributed by atoms with van der Waals surface area (Å²) >= 11 is 6.09. The number of nitrogens with two attached hydrogens (primary N) is 1. The molecule has 2 aromatic carbocycles. The first-order valence-electron chi connectivity index (χ1n) is 6.21. The molecular weight excluding hydrogens is 275 g/mol. The van der Waals surface area contributed by atoms with Crippen LogP contribution in [-0.4, -0.2) is 4.98 Å². The van der Waals surface area contributed by atoms with E-state index in [1.54, 1.807) is 12.3 Å². The third-order valence-corrected chi connectivity index (χ3v) is 3.62. The number of benzene rings is 2. The zero-order chi connectivity index (χ0) is 14.1. The fourth-order valence-corrected chi connectivity index (χ4v) is 2.58. The van der Waals surface area contributed by atoms with E-state index >= 15 is 0 Å². The molecule has 0 aliphatic carbocycles. The first-order chi connectivity index (χ1) is 9.66. The average Bonchev–Trinajstić information content (AvgIpc) is 2.46. The summed E-state index contributed by atoms with van der Waals surface area (Å²) in [5.41, 5.74) is 8.68.